The van der Waals surface area contributed by atoms with Gasteiger partial charge in [0.25, 0.3) is 0 Å². The molecule has 19 heavy (non-hydrogen) atoms. The number of hydrogen-bond donors (Lipinski definition) is 1. The Hall–Kier alpha value is -1.91. The van der Waals surface area contributed by atoms with E-state index in [-0.39, 0.29) is 24.2 Å². The fourth-order valence-electron chi connectivity index (χ4n) is 2.16. The van der Waals surface area contributed by atoms with Gasteiger partial charge in [0, 0.05) is 5.69 Å². The number of benzene rings is 1. The Morgan fingerprint density at radius 3 is 2.79 bits per heavy atom. The number of nitrogens with zero attached hydrogens (tertiary/aromatic N) is 1. The van der Waals surface area contributed by atoms with Gasteiger partial charge in [-0.05, 0) is 31.0 Å². The first-order valence-electron chi connectivity index (χ1n) is 6.39. The predicted octanol–water partition coefficient (Wildman–Crippen LogP) is 1.77. The fraction of sp³-hybridized carbons (Fsp3) is 0.429. The van der Waals surface area contributed by atoms with E-state index in [0.29, 0.717) is 17.7 Å². The molecular weight excluding hydrogens is 247 g/mol. The quantitative estimate of drug-likeness (QED) is 0.904. The second-order valence-electron chi connectivity index (χ2n) is 4.77. The highest BCUT2D eigenvalue weighted by molar-refractivity contribution is 6.06. The first-order chi connectivity index (χ1) is 9.02. The van der Waals surface area contributed by atoms with Crippen LogP contribution < -0.4 is 10.2 Å². The molecule has 0 spiro atoms. The Labute approximate surface area is 111 Å². The summed E-state index contributed by atoms with van der Waals surface area (Å²) in [5, 5.41) is 2.67. The van der Waals surface area contributed by atoms with Crippen LogP contribution in [-0.2, 0) is 9.59 Å². The molecule has 0 aliphatic carbocycles. The van der Waals surface area contributed by atoms with Crippen LogP contribution in [0.2, 0.25) is 0 Å². The summed E-state index contributed by atoms with van der Waals surface area (Å²) in [5.74, 6) is -0.757. The van der Waals surface area contributed by atoms with Gasteiger partial charge in [-0.25, -0.2) is 4.39 Å². The van der Waals surface area contributed by atoms with Crippen LogP contribution in [0.1, 0.15) is 25.3 Å². The van der Waals surface area contributed by atoms with Crippen molar-refractivity contribution in [1.29, 1.82) is 0 Å². The van der Waals surface area contributed by atoms with E-state index < -0.39 is 6.04 Å². The summed E-state index contributed by atoms with van der Waals surface area (Å²) in [6.45, 7) is 3.55. The van der Waals surface area contributed by atoms with Crippen LogP contribution in [0.25, 0.3) is 0 Å². The van der Waals surface area contributed by atoms with Crippen molar-refractivity contribution in [2.45, 2.75) is 32.7 Å². The standard InChI is InChI=1S/C14H17FN2O2/c1-3-4-12-14(19)17(8-13(18)16-12)10-6-5-9(2)11(15)7-10/h5-7,12H,3-4,8H2,1-2H3,(H,16,18). The molecule has 2 rings (SSSR count). The molecule has 1 heterocycles. The number of hydrogen-bond acceptors (Lipinski definition) is 2. The van der Waals surface area contributed by atoms with Crippen LogP contribution in [0.5, 0.6) is 0 Å². The van der Waals surface area contributed by atoms with Crippen LogP contribution in [0, 0.1) is 12.7 Å². The number of amides is 2. The number of rotatable bonds is 3. The van der Waals surface area contributed by atoms with Gasteiger partial charge in [0.2, 0.25) is 11.8 Å². The minimum atomic E-state index is -0.504. The fourth-order valence-corrected chi connectivity index (χ4v) is 2.16. The van der Waals surface area contributed by atoms with Crippen molar-refractivity contribution >= 4 is 17.5 Å². The molecule has 0 saturated carbocycles. The molecule has 1 atom stereocenters. The summed E-state index contributed by atoms with van der Waals surface area (Å²) in [6.07, 6.45) is 1.39. The van der Waals surface area contributed by atoms with Crippen LogP contribution in [0.15, 0.2) is 18.2 Å². The molecule has 1 fully saturated rings. The topological polar surface area (TPSA) is 49.4 Å². The van der Waals surface area contributed by atoms with Crippen molar-refractivity contribution in [3.8, 4) is 0 Å². The average molecular weight is 264 g/mol. The van der Waals surface area contributed by atoms with Gasteiger partial charge in [0.15, 0.2) is 0 Å². The maximum atomic E-state index is 13.6. The highest BCUT2D eigenvalue weighted by Crippen LogP contribution is 2.21. The van der Waals surface area contributed by atoms with E-state index in [9.17, 15) is 14.0 Å². The van der Waals surface area contributed by atoms with Crippen LogP contribution >= 0.6 is 0 Å². The number of carbonyl (C=O) groups is 2. The van der Waals surface area contributed by atoms with Gasteiger partial charge < -0.3 is 10.2 Å². The lowest BCUT2D eigenvalue weighted by molar-refractivity contribution is -0.131. The highest BCUT2D eigenvalue weighted by Gasteiger charge is 2.32. The van der Waals surface area contributed by atoms with E-state index in [1.807, 2.05) is 6.92 Å². The molecule has 0 radical (unpaired) electrons. The number of halogens is 1. The van der Waals surface area contributed by atoms with Gasteiger partial charge in [0.1, 0.15) is 18.4 Å². The van der Waals surface area contributed by atoms with Gasteiger partial charge in [-0.3, -0.25) is 9.59 Å². The van der Waals surface area contributed by atoms with E-state index in [1.165, 1.54) is 11.0 Å². The SMILES string of the molecule is CCCC1NC(=O)CN(c2ccc(C)c(F)c2)C1=O. The number of nitrogens with one attached hydrogen (secondary N) is 1. The molecule has 4 nitrogen and oxygen atoms in total. The first-order valence-corrected chi connectivity index (χ1v) is 6.39. The Kier molecular flexibility index (Phi) is 3.83. The minimum absolute atomic E-state index is 0.0540. The number of anilines is 1. The first kappa shape index (κ1) is 13.5. The minimum Gasteiger partial charge on any atom is -0.343 e. The molecule has 1 N–H and O–H groups in total. The largest absolute Gasteiger partial charge is 0.343 e. The zero-order valence-electron chi connectivity index (χ0n) is 11.1. The smallest absolute Gasteiger partial charge is 0.250 e. The molecule has 102 valence electrons. The van der Waals surface area contributed by atoms with Gasteiger partial charge in [0.05, 0.1) is 0 Å². The van der Waals surface area contributed by atoms with Crippen LogP contribution in [0.4, 0.5) is 10.1 Å². The molecule has 1 unspecified atom stereocenters. The molecular formula is C14H17FN2O2. The van der Waals surface area contributed by atoms with E-state index in [0.717, 1.165) is 6.42 Å². The second kappa shape index (κ2) is 5.38. The lowest BCUT2D eigenvalue weighted by Gasteiger charge is -2.32. The molecule has 0 aromatic heterocycles. The normalized spacial score (nSPS) is 19.5. The molecule has 1 saturated heterocycles. The van der Waals surface area contributed by atoms with E-state index in [1.54, 1.807) is 19.1 Å². The van der Waals surface area contributed by atoms with Gasteiger partial charge in [-0.2, -0.15) is 0 Å². The monoisotopic (exact) mass is 264 g/mol. The van der Waals surface area contributed by atoms with Crippen LogP contribution in [0.3, 0.4) is 0 Å². The predicted molar refractivity (Wildman–Crippen MR) is 70.3 cm³/mol. The third kappa shape index (κ3) is 2.75. The molecule has 1 aliphatic rings. The average Bonchev–Trinajstić information content (AvgIpc) is 2.37. The van der Waals surface area contributed by atoms with E-state index >= 15 is 0 Å². The maximum absolute atomic E-state index is 13.6. The number of carbonyl (C=O) groups excluding carboxylic acids is 2. The van der Waals surface area contributed by atoms with Gasteiger partial charge >= 0.3 is 0 Å². The lowest BCUT2D eigenvalue weighted by atomic mass is 10.1. The Bertz CT molecular complexity index is 516. The molecule has 2 amide bonds. The Morgan fingerprint density at radius 1 is 1.42 bits per heavy atom. The molecule has 0 bridgehead atoms. The second-order valence-corrected chi connectivity index (χ2v) is 4.77. The Balaban J connectivity index is 2.28. The number of piperazine rings is 1. The van der Waals surface area contributed by atoms with Crippen molar-refractivity contribution in [2.24, 2.45) is 0 Å². The summed E-state index contributed by atoms with van der Waals surface area (Å²) >= 11 is 0. The Morgan fingerprint density at radius 2 is 2.16 bits per heavy atom. The third-order valence-corrected chi connectivity index (χ3v) is 3.25. The molecule has 1 aromatic rings. The summed E-state index contributed by atoms with van der Waals surface area (Å²) in [4.78, 5) is 25.2. The van der Waals surface area contributed by atoms with Crippen molar-refractivity contribution in [3.05, 3.63) is 29.6 Å². The zero-order chi connectivity index (χ0) is 14.0. The number of aryl methyl sites for hydroxylation is 1. The van der Waals surface area contributed by atoms with E-state index in [2.05, 4.69) is 5.32 Å². The van der Waals surface area contributed by atoms with Crippen LogP contribution in [-0.4, -0.2) is 24.4 Å². The van der Waals surface area contributed by atoms with Crippen molar-refractivity contribution < 1.29 is 14.0 Å². The van der Waals surface area contributed by atoms with Crippen molar-refractivity contribution in [2.75, 3.05) is 11.4 Å². The summed E-state index contributed by atoms with van der Waals surface area (Å²) in [7, 11) is 0. The van der Waals surface area contributed by atoms with E-state index in [4.69, 9.17) is 0 Å². The molecule has 1 aliphatic heterocycles. The summed E-state index contributed by atoms with van der Waals surface area (Å²) in [5.41, 5.74) is 0.951. The molecule has 5 heteroatoms. The van der Waals surface area contributed by atoms with Gasteiger partial charge in [-0.1, -0.05) is 19.4 Å². The third-order valence-electron chi connectivity index (χ3n) is 3.25. The summed E-state index contributed by atoms with van der Waals surface area (Å²) in [6, 6.07) is 4.07. The van der Waals surface area contributed by atoms with Crippen molar-refractivity contribution in [1.82, 2.24) is 5.32 Å². The lowest BCUT2D eigenvalue weighted by Crippen LogP contribution is -2.58. The van der Waals surface area contributed by atoms with Crippen molar-refractivity contribution in [3.63, 3.8) is 0 Å². The van der Waals surface area contributed by atoms with Gasteiger partial charge in [-0.15, -0.1) is 0 Å². The summed E-state index contributed by atoms with van der Waals surface area (Å²) < 4.78 is 13.6. The zero-order valence-corrected chi connectivity index (χ0v) is 11.1. The molecule has 1 aromatic carbocycles. The maximum Gasteiger partial charge on any atom is 0.250 e. The highest BCUT2D eigenvalue weighted by atomic mass is 19.1.